The van der Waals surface area contributed by atoms with Crippen LogP contribution in [-0.4, -0.2) is 26.1 Å². The first-order valence-electron chi connectivity index (χ1n) is 11.1. The Morgan fingerprint density at radius 3 is 2.50 bits per heavy atom. The van der Waals surface area contributed by atoms with Gasteiger partial charge in [0.15, 0.2) is 11.5 Å². The van der Waals surface area contributed by atoms with Crippen molar-refractivity contribution in [2.45, 2.75) is 25.3 Å². The molecule has 4 aromatic rings. The summed E-state index contributed by atoms with van der Waals surface area (Å²) in [4.78, 5) is 28.7. The van der Waals surface area contributed by atoms with E-state index in [0.717, 1.165) is 16.7 Å². The van der Waals surface area contributed by atoms with Crippen LogP contribution in [0.15, 0.2) is 70.5 Å². The van der Waals surface area contributed by atoms with E-state index < -0.39 is 21.4 Å². The molecule has 0 aliphatic carbocycles. The number of hydrogen-bond acceptors (Lipinski definition) is 6. The smallest absolute Gasteiger partial charge is 0.261 e. The van der Waals surface area contributed by atoms with Crippen molar-refractivity contribution in [3.8, 4) is 11.5 Å². The molecule has 0 saturated carbocycles. The minimum absolute atomic E-state index is 0.0856. The molecule has 0 spiro atoms. The molecule has 3 aromatic carbocycles. The molecule has 0 fully saturated rings. The lowest BCUT2D eigenvalue weighted by atomic mass is 10.1. The van der Waals surface area contributed by atoms with Crippen LogP contribution in [0.25, 0.3) is 10.9 Å². The average molecular weight is 506 g/mol. The van der Waals surface area contributed by atoms with E-state index in [4.69, 9.17) is 9.47 Å². The lowest BCUT2D eigenvalue weighted by Crippen LogP contribution is -2.28. The van der Waals surface area contributed by atoms with Crippen molar-refractivity contribution in [2.75, 3.05) is 11.5 Å². The van der Waals surface area contributed by atoms with Crippen molar-refractivity contribution in [2.24, 2.45) is 0 Å². The summed E-state index contributed by atoms with van der Waals surface area (Å²) in [5.41, 5.74) is 2.75. The lowest BCUT2D eigenvalue weighted by molar-refractivity contribution is 0.0949. The molecule has 0 bridgehead atoms. The molecule has 0 unspecified atom stereocenters. The SMILES string of the molecule is Cc1cc(C)cc(NS(=O)(=O)c2ccc3[nH]cc(C(=O)NCc4ccc5c(c4)OCO5)c(=O)c3c2)c1. The molecule has 3 N–H and O–H groups in total. The van der Waals surface area contributed by atoms with E-state index in [9.17, 15) is 18.0 Å². The van der Waals surface area contributed by atoms with E-state index in [0.29, 0.717) is 22.7 Å². The van der Waals surface area contributed by atoms with E-state index in [1.807, 2.05) is 19.9 Å². The number of carbonyl (C=O) groups is 1. The second-order valence-electron chi connectivity index (χ2n) is 8.59. The summed E-state index contributed by atoms with van der Waals surface area (Å²) < 4.78 is 39.2. The molecule has 5 rings (SSSR count). The van der Waals surface area contributed by atoms with E-state index >= 15 is 0 Å². The Hall–Kier alpha value is -4.31. The number of pyridine rings is 1. The molecule has 0 saturated heterocycles. The molecule has 1 aliphatic heterocycles. The number of hydrogen-bond donors (Lipinski definition) is 3. The molecule has 0 atom stereocenters. The predicted molar refractivity (Wildman–Crippen MR) is 135 cm³/mol. The maximum atomic E-state index is 13.1. The molecular formula is C26H23N3O6S. The first-order valence-corrected chi connectivity index (χ1v) is 12.6. The van der Waals surface area contributed by atoms with Crippen LogP contribution in [0.1, 0.15) is 27.0 Å². The number of aromatic nitrogens is 1. The Bertz CT molecular complexity index is 1660. The highest BCUT2D eigenvalue weighted by molar-refractivity contribution is 7.92. The number of anilines is 1. The topological polar surface area (TPSA) is 127 Å². The van der Waals surface area contributed by atoms with Gasteiger partial charge in [-0.1, -0.05) is 12.1 Å². The third-order valence-corrected chi connectivity index (χ3v) is 7.15. The summed E-state index contributed by atoms with van der Waals surface area (Å²) >= 11 is 0. The van der Waals surface area contributed by atoms with Crippen LogP contribution in [0.5, 0.6) is 11.5 Å². The van der Waals surface area contributed by atoms with Crippen molar-refractivity contribution < 1.29 is 22.7 Å². The van der Waals surface area contributed by atoms with Crippen molar-refractivity contribution in [3.63, 3.8) is 0 Å². The maximum absolute atomic E-state index is 13.1. The zero-order valence-corrected chi connectivity index (χ0v) is 20.4. The number of carbonyl (C=O) groups excluding carboxylic acids is 1. The summed E-state index contributed by atoms with van der Waals surface area (Å²) in [5.74, 6) is 0.639. The minimum atomic E-state index is -3.96. The van der Waals surface area contributed by atoms with Gasteiger partial charge in [-0.05, 0) is 73.0 Å². The quantitative estimate of drug-likeness (QED) is 0.368. The maximum Gasteiger partial charge on any atom is 0.261 e. The average Bonchev–Trinajstić information content (AvgIpc) is 3.29. The molecule has 9 nitrogen and oxygen atoms in total. The number of rotatable bonds is 6. The van der Waals surface area contributed by atoms with Crippen LogP contribution >= 0.6 is 0 Å². The molecule has 1 aliphatic rings. The zero-order valence-electron chi connectivity index (χ0n) is 19.5. The number of fused-ring (bicyclic) bond motifs is 2. The molecule has 0 radical (unpaired) electrons. The van der Waals surface area contributed by atoms with Crippen LogP contribution in [0.3, 0.4) is 0 Å². The standard InChI is InChI=1S/C26H23N3O6S/c1-15-7-16(2)9-18(8-15)29-36(32,33)19-4-5-22-20(11-19)25(30)21(13-27-22)26(31)28-12-17-3-6-23-24(10-17)35-14-34-23/h3-11,13,29H,12,14H2,1-2H3,(H,27,30)(H,28,31). The van der Waals surface area contributed by atoms with Gasteiger partial charge in [0.2, 0.25) is 12.2 Å². The molecule has 36 heavy (non-hydrogen) atoms. The van der Waals surface area contributed by atoms with Gasteiger partial charge in [-0.25, -0.2) is 8.42 Å². The lowest BCUT2D eigenvalue weighted by Gasteiger charge is -2.11. The van der Waals surface area contributed by atoms with Crippen LogP contribution in [0.2, 0.25) is 0 Å². The van der Waals surface area contributed by atoms with Gasteiger partial charge in [0.05, 0.1) is 4.90 Å². The van der Waals surface area contributed by atoms with Crippen molar-refractivity contribution in [1.29, 1.82) is 0 Å². The molecule has 10 heteroatoms. The summed E-state index contributed by atoms with van der Waals surface area (Å²) in [5, 5.41) is 2.81. The monoisotopic (exact) mass is 505 g/mol. The highest BCUT2D eigenvalue weighted by Crippen LogP contribution is 2.32. The number of aryl methyl sites for hydroxylation is 2. The largest absolute Gasteiger partial charge is 0.454 e. The highest BCUT2D eigenvalue weighted by Gasteiger charge is 2.19. The van der Waals surface area contributed by atoms with E-state index in [1.165, 1.54) is 24.4 Å². The third kappa shape index (κ3) is 4.63. The fourth-order valence-corrected chi connectivity index (χ4v) is 5.18. The van der Waals surface area contributed by atoms with Crippen molar-refractivity contribution in [1.82, 2.24) is 10.3 Å². The van der Waals surface area contributed by atoms with Gasteiger partial charge in [0.25, 0.3) is 15.9 Å². The number of H-pyrrole nitrogens is 1. The minimum Gasteiger partial charge on any atom is -0.454 e. The second-order valence-corrected chi connectivity index (χ2v) is 10.3. The van der Waals surface area contributed by atoms with Crippen LogP contribution in [0.4, 0.5) is 5.69 Å². The van der Waals surface area contributed by atoms with E-state index in [2.05, 4.69) is 15.0 Å². The number of benzene rings is 3. The molecular weight excluding hydrogens is 482 g/mol. The first kappa shape index (κ1) is 23.4. The molecule has 2 heterocycles. The van der Waals surface area contributed by atoms with Gasteiger partial charge < -0.3 is 19.8 Å². The van der Waals surface area contributed by atoms with Gasteiger partial charge in [-0.2, -0.15) is 0 Å². The van der Waals surface area contributed by atoms with Gasteiger partial charge in [-0.3, -0.25) is 14.3 Å². The highest BCUT2D eigenvalue weighted by atomic mass is 32.2. The second kappa shape index (κ2) is 9.04. The summed E-state index contributed by atoms with van der Waals surface area (Å²) in [7, 11) is -3.96. The van der Waals surface area contributed by atoms with Gasteiger partial charge >= 0.3 is 0 Å². The Morgan fingerprint density at radius 1 is 0.972 bits per heavy atom. The fourth-order valence-electron chi connectivity index (χ4n) is 4.11. The Labute approximate surface area is 207 Å². The molecule has 1 aromatic heterocycles. The first-order chi connectivity index (χ1) is 17.2. The molecule has 184 valence electrons. The van der Waals surface area contributed by atoms with E-state index in [-0.39, 0.29) is 29.2 Å². The number of ether oxygens (including phenoxy) is 2. The number of amides is 1. The number of sulfonamides is 1. The normalized spacial score (nSPS) is 12.5. The summed E-state index contributed by atoms with van der Waals surface area (Å²) in [6.45, 7) is 4.07. The Morgan fingerprint density at radius 2 is 1.72 bits per heavy atom. The number of nitrogens with one attached hydrogen (secondary N) is 3. The fraction of sp³-hybridized carbons (Fsp3) is 0.154. The number of aromatic amines is 1. The van der Waals surface area contributed by atoms with Crippen molar-refractivity contribution in [3.05, 3.63) is 93.3 Å². The summed E-state index contributed by atoms with van der Waals surface area (Å²) in [6.07, 6.45) is 1.32. The Kier molecular flexibility index (Phi) is 5.89. The van der Waals surface area contributed by atoms with Crippen LogP contribution in [-0.2, 0) is 16.6 Å². The zero-order chi connectivity index (χ0) is 25.4. The van der Waals surface area contributed by atoms with Gasteiger partial charge in [0, 0.05) is 29.3 Å². The predicted octanol–water partition coefficient (Wildman–Crippen LogP) is 3.60. The van der Waals surface area contributed by atoms with Crippen LogP contribution < -0.4 is 24.9 Å². The van der Waals surface area contributed by atoms with Gasteiger partial charge in [-0.15, -0.1) is 0 Å². The van der Waals surface area contributed by atoms with Crippen molar-refractivity contribution >= 4 is 32.5 Å². The third-order valence-electron chi connectivity index (χ3n) is 5.77. The Balaban J connectivity index is 1.40. The molecule has 1 amide bonds. The summed E-state index contributed by atoms with van der Waals surface area (Å²) in [6, 6.07) is 14.9. The van der Waals surface area contributed by atoms with Gasteiger partial charge in [0.1, 0.15) is 5.56 Å². The van der Waals surface area contributed by atoms with E-state index in [1.54, 1.807) is 30.3 Å². The van der Waals surface area contributed by atoms with Crippen LogP contribution in [0, 0.1) is 13.8 Å².